The monoisotopic (exact) mass is 310 g/mol. The molecular formula is C15H23ClN4O. The molecule has 2 rings (SSSR count). The SMILES string of the molecule is C=CCN(CC=C)C(=O)[C@H]1CNC[C@@H]1c1cnn(C)c1.Cl. The van der Waals surface area contributed by atoms with Gasteiger partial charge in [0, 0.05) is 45.3 Å². The van der Waals surface area contributed by atoms with Crippen molar-refractivity contribution >= 4 is 18.3 Å². The van der Waals surface area contributed by atoms with E-state index in [1.54, 1.807) is 21.7 Å². The lowest BCUT2D eigenvalue weighted by Crippen LogP contribution is -2.39. The van der Waals surface area contributed by atoms with E-state index in [0.717, 1.165) is 12.1 Å². The van der Waals surface area contributed by atoms with Gasteiger partial charge in [-0.2, -0.15) is 5.10 Å². The van der Waals surface area contributed by atoms with Gasteiger partial charge in [0.2, 0.25) is 5.91 Å². The summed E-state index contributed by atoms with van der Waals surface area (Å²) in [5, 5.41) is 7.52. The molecule has 0 radical (unpaired) electrons. The number of carbonyl (C=O) groups excluding carboxylic acids is 1. The summed E-state index contributed by atoms with van der Waals surface area (Å²) in [6.45, 7) is 10.1. The van der Waals surface area contributed by atoms with Gasteiger partial charge in [-0.1, -0.05) is 12.2 Å². The molecule has 1 N–H and O–H groups in total. The maximum atomic E-state index is 12.7. The summed E-state index contributed by atoms with van der Waals surface area (Å²) in [6.07, 6.45) is 7.35. The minimum Gasteiger partial charge on any atom is -0.335 e. The molecule has 0 bridgehead atoms. The summed E-state index contributed by atoms with van der Waals surface area (Å²) in [5.74, 6) is 0.302. The first-order chi connectivity index (χ1) is 9.67. The van der Waals surface area contributed by atoms with E-state index in [1.165, 1.54) is 0 Å². The molecule has 0 aromatic carbocycles. The van der Waals surface area contributed by atoms with E-state index in [2.05, 4.69) is 23.6 Å². The number of aromatic nitrogens is 2. The van der Waals surface area contributed by atoms with Crippen molar-refractivity contribution in [2.75, 3.05) is 26.2 Å². The Labute approximate surface area is 132 Å². The summed E-state index contributed by atoms with van der Waals surface area (Å²) in [5.41, 5.74) is 1.12. The van der Waals surface area contributed by atoms with E-state index in [4.69, 9.17) is 0 Å². The van der Waals surface area contributed by atoms with Crippen LogP contribution in [0.1, 0.15) is 11.5 Å². The Morgan fingerprint density at radius 3 is 2.67 bits per heavy atom. The first-order valence-corrected chi connectivity index (χ1v) is 6.87. The Kier molecular flexibility index (Phi) is 6.65. The smallest absolute Gasteiger partial charge is 0.228 e. The lowest BCUT2D eigenvalue weighted by atomic mass is 9.90. The van der Waals surface area contributed by atoms with Crippen molar-refractivity contribution in [2.45, 2.75) is 5.92 Å². The topological polar surface area (TPSA) is 50.2 Å². The van der Waals surface area contributed by atoms with Gasteiger partial charge in [-0.25, -0.2) is 0 Å². The number of halogens is 1. The predicted octanol–water partition coefficient (Wildman–Crippen LogP) is 1.35. The van der Waals surface area contributed by atoms with Gasteiger partial charge in [0.15, 0.2) is 0 Å². The third-order valence-corrected chi connectivity index (χ3v) is 3.70. The van der Waals surface area contributed by atoms with Crippen LogP contribution in [0.4, 0.5) is 0 Å². The summed E-state index contributed by atoms with van der Waals surface area (Å²) in [7, 11) is 1.89. The van der Waals surface area contributed by atoms with Crippen LogP contribution in [0.3, 0.4) is 0 Å². The lowest BCUT2D eigenvalue weighted by Gasteiger charge is -2.25. The Hall–Kier alpha value is -1.59. The Balaban J connectivity index is 0.00000220. The molecular weight excluding hydrogens is 288 g/mol. The first-order valence-electron chi connectivity index (χ1n) is 6.87. The normalized spacial score (nSPS) is 20.6. The molecule has 21 heavy (non-hydrogen) atoms. The highest BCUT2D eigenvalue weighted by molar-refractivity contribution is 5.85. The maximum Gasteiger partial charge on any atom is 0.228 e. The molecule has 116 valence electrons. The molecule has 1 aromatic heterocycles. The molecule has 0 aliphatic carbocycles. The van der Waals surface area contributed by atoms with Crippen molar-refractivity contribution in [2.24, 2.45) is 13.0 Å². The van der Waals surface area contributed by atoms with E-state index < -0.39 is 0 Å². The molecule has 1 aliphatic heterocycles. The van der Waals surface area contributed by atoms with Crippen LogP contribution in [0, 0.1) is 5.92 Å². The molecule has 1 saturated heterocycles. The number of amides is 1. The highest BCUT2D eigenvalue weighted by atomic mass is 35.5. The van der Waals surface area contributed by atoms with Crippen molar-refractivity contribution in [1.29, 1.82) is 0 Å². The predicted molar refractivity (Wildman–Crippen MR) is 86.5 cm³/mol. The zero-order chi connectivity index (χ0) is 14.5. The van der Waals surface area contributed by atoms with Gasteiger partial charge < -0.3 is 10.2 Å². The Bertz CT molecular complexity index is 490. The van der Waals surface area contributed by atoms with Gasteiger partial charge >= 0.3 is 0 Å². The van der Waals surface area contributed by atoms with Gasteiger partial charge in [-0.3, -0.25) is 9.48 Å². The first kappa shape index (κ1) is 17.5. The summed E-state index contributed by atoms with van der Waals surface area (Å²) in [6, 6.07) is 0. The van der Waals surface area contributed by atoms with Crippen LogP contribution < -0.4 is 5.32 Å². The van der Waals surface area contributed by atoms with Crippen LogP contribution in [0.25, 0.3) is 0 Å². The van der Waals surface area contributed by atoms with Crippen molar-refractivity contribution in [1.82, 2.24) is 20.0 Å². The molecule has 0 saturated carbocycles. The fraction of sp³-hybridized carbons (Fsp3) is 0.467. The maximum absolute atomic E-state index is 12.7. The van der Waals surface area contributed by atoms with E-state index in [9.17, 15) is 4.79 Å². The van der Waals surface area contributed by atoms with Gasteiger partial charge in [0.1, 0.15) is 0 Å². The molecule has 1 amide bonds. The van der Waals surface area contributed by atoms with Crippen LogP contribution in [-0.4, -0.2) is 46.8 Å². The van der Waals surface area contributed by atoms with E-state index >= 15 is 0 Å². The second kappa shape index (κ2) is 8.00. The van der Waals surface area contributed by atoms with Crippen molar-refractivity contribution < 1.29 is 4.79 Å². The van der Waals surface area contributed by atoms with Crippen LogP contribution >= 0.6 is 12.4 Å². The minimum absolute atomic E-state index is 0. The van der Waals surface area contributed by atoms with Gasteiger partial charge in [0.05, 0.1) is 12.1 Å². The van der Waals surface area contributed by atoms with E-state index in [-0.39, 0.29) is 30.2 Å². The molecule has 5 nitrogen and oxygen atoms in total. The molecule has 0 unspecified atom stereocenters. The molecule has 1 aliphatic rings. The number of nitrogens with one attached hydrogen (secondary N) is 1. The van der Waals surface area contributed by atoms with E-state index in [0.29, 0.717) is 19.6 Å². The standard InChI is InChI=1S/C15H22N4O.ClH/c1-4-6-19(7-5-2)15(20)14-10-16-9-13(14)12-8-17-18(3)11-12;/h4-5,8,11,13-14,16H,1-2,6-7,9-10H2,3H3;1H/t13-,14+;/m1./s1. The average molecular weight is 311 g/mol. The van der Waals surface area contributed by atoms with Crippen LogP contribution in [-0.2, 0) is 11.8 Å². The van der Waals surface area contributed by atoms with Crippen LogP contribution in [0.2, 0.25) is 0 Å². The molecule has 1 fully saturated rings. The number of carbonyl (C=O) groups is 1. The van der Waals surface area contributed by atoms with Crippen molar-refractivity contribution in [3.05, 3.63) is 43.3 Å². The van der Waals surface area contributed by atoms with Crippen molar-refractivity contribution in [3.8, 4) is 0 Å². The highest BCUT2D eigenvalue weighted by Gasteiger charge is 2.36. The fourth-order valence-corrected chi connectivity index (χ4v) is 2.72. The molecule has 2 heterocycles. The number of rotatable bonds is 6. The highest BCUT2D eigenvalue weighted by Crippen LogP contribution is 2.29. The van der Waals surface area contributed by atoms with Gasteiger partial charge in [0.25, 0.3) is 0 Å². The number of hydrogen-bond acceptors (Lipinski definition) is 3. The van der Waals surface area contributed by atoms with Gasteiger partial charge in [-0.15, -0.1) is 25.6 Å². The fourth-order valence-electron chi connectivity index (χ4n) is 2.72. The molecule has 1 aromatic rings. The zero-order valence-corrected chi connectivity index (χ0v) is 13.2. The molecule has 2 atom stereocenters. The second-order valence-electron chi connectivity index (χ2n) is 5.14. The summed E-state index contributed by atoms with van der Waals surface area (Å²) in [4.78, 5) is 14.5. The Morgan fingerprint density at radius 2 is 2.14 bits per heavy atom. The third-order valence-electron chi connectivity index (χ3n) is 3.70. The molecule has 0 spiro atoms. The number of hydrogen-bond donors (Lipinski definition) is 1. The van der Waals surface area contributed by atoms with Crippen LogP contribution in [0.5, 0.6) is 0 Å². The third kappa shape index (κ3) is 3.95. The van der Waals surface area contributed by atoms with Crippen molar-refractivity contribution in [3.63, 3.8) is 0 Å². The minimum atomic E-state index is -0.0425. The largest absolute Gasteiger partial charge is 0.335 e. The second-order valence-corrected chi connectivity index (χ2v) is 5.14. The average Bonchev–Trinajstić information content (AvgIpc) is 3.05. The zero-order valence-electron chi connectivity index (χ0n) is 12.4. The lowest BCUT2D eigenvalue weighted by molar-refractivity contribution is -0.134. The Morgan fingerprint density at radius 1 is 1.48 bits per heavy atom. The molecule has 6 heteroatoms. The summed E-state index contributed by atoms with van der Waals surface area (Å²) >= 11 is 0. The summed E-state index contributed by atoms with van der Waals surface area (Å²) < 4.78 is 1.78. The van der Waals surface area contributed by atoms with E-state index in [1.807, 2.05) is 19.4 Å². The van der Waals surface area contributed by atoms with Gasteiger partial charge in [-0.05, 0) is 5.56 Å². The van der Waals surface area contributed by atoms with Crippen LogP contribution in [0.15, 0.2) is 37.7 Å². The number of nitrogens with zero attached hydrogens (tertiary/aromatic N) is 3. The quantitative estimate of drug-likeness (QED) is 0.807. The number of aryl methyl sites for hydroxylation is 1.